The second kappa shape index (κ2) is 5.85. The van der Waals surface area contributed by atoms with Crippen molar-refractivity contribution in [3.8, 4) is 5.75 Å². The second-order valence-corrected chi connectivity index (χ2v) is 5.91. The van der Waals surface area contributed by atoms with E-state index >= 15 is 0 Å². The van der Waals surface area contributed by atoms with Crippen LogP contribution in [0.4, 0.5) is 13.2 Å². The van der Waals surface area contributed by atoms with Gasteiger partial charge in [0.25, 0.3) is 0 Å². The van der Waals surface area contributed by atoms with Gasteiger partial charge in [-0.2, -0.15) is 0 Å². The fourth-order valence-electron chi connectivity index (χ4n) is 2.68. The van der Waals surface area contributed by atoms with Gasteiger partial charge in [0.05, 0.1) is 6.10 Å². The summed E-state index contributed by atoms with van der Waals surface area (Å²) in [7, 11) is 1.71. The molecule has 1 N–H and O–H groups in total. The fraction of sp³-hybridized carbons (Fsp3) is 0.600. The Bertz CT molecular complexity index is 471. The first-order valence-electron chi connectivity index (χ1n) is 6.83. The molecular formula is C15H20F3NO2. The van der Waals surface area contributed by atoms with Gasteiger partial charge in [0.15, 0.2) is 0 Å². The van der Waals surface area contributed by atoms with Crippen LogP contribution in [0.1, 0.15) is 25.8 Å². The van der Waals surface area contributed by atoms with Gasteiger partial charge >= 0.3 is 6.36 Å². The monoisotopic (exact) mass is 303 g/mol. The molecule has 6 heteroatoms. The summed E-state index contributed by atoms with van der Waals surface area (Å²) >= 11 is 0. The minimum Gasteiger partial charge on any atom is -0.406 e. The quantitative estimate of drug-likeness (QED) is 0.903. The Morgan fingerprint density at radius 3 is 2.33 bits per heavy atom. The Balaban J connectivity index is 1.85. The first-order valence-corrected chi connectivity index (χ1v) is 6.83. The molecule has 0 saturated heterocycles. The largest absolute Gasteiger partial charge is 0.573 e. The molecule has 0 aliphatic heterocycles. The van der Waals surface area contributed by atoms with Crippen LogP contribution >= 0.6 is 0 Å². The standard InChI is InChI=1S/C15H20F3NO2/c1-14(2)12(8-13(14)20-3)19-9-10-4-6-11(7-5-10)21-15(16,17)18/h4-7,12-13,19H,8-9H2,1-3H3. The molecule has 1 aliphatic carbocycles. The normalized spacial score (nSPS) is 24.5. The molecule has 2 rings (SSSR count). The average Bonchev–Trinajstić information content (AvgIpc) is 2.38. The summed E-state index contributed by atoms with van der Waals surface area (Å²) in [6.07, 6.45) is -3.46. The predicted octanol–water partition coefficient (Wildman–Crippen LogP) is 3.49. The van der Waals surface area contributed by atoms with E-state index in [1.54, 1.807) is 19.2 Å². The minimum atomic E-state index is -4.65. The van der Waals surface area contributed by atoms with Crippen LogP contribution < -0.4 is 10.1 Å². The maximum atomic E-state index is 12.1. The zero-order valence-electron chi connectivity index (χ0n) is 12.3. The fourth-order valence-corrected chi connectivity index (χ4v) is 2.68. The van der Waals surface area contributed by atoms with Gasteiger partial charge in [-0.05, 0) is 24.1 Å². The molecule has 118 valence electrons. The molecule has 21 heavy (non-hydrogen) atoms. The molecule has 1 aromatic rings. The van der Waals surface area contributed by atoms with Crippen LogP contribution in [0.2, 0.25) is 0 Å². The number of ether oxygens (including phenoxy) is 2. The number of hydrogen-bond acceptors (Lipinski definition) is 3. The molecule has 0 radical (unpaired) electrons. The molecule has 1 aromatic carbocycles. The molecule has 0 heterocycles. The highest BCUT2D eigenvalue weighted by molar-refractivity contribution is 5.27. The smallest absolute Gasteiger partial charge is 0.406 e. The number of alkyl halides is 3. The Labute approximate surface area is 122 Å². The third-order valence-electron chi connectivity index (χ3n) is 4.17. The SMILES string of the molecule is COC1CC(NCc2ccc(OC(F)(F)F)cc2)C1(C)C. The van der Waals surface area contributed by atoms with Crippen LogP contribution in [0.15, 0.2) is 24.3 Å². The van der Waals surface area contributed by atoms with Crippen molar-refractivity contribution in [2.75, 3.05) is 7.11 Å². The number of benzene rings is 1. The lowest BCUT2D eigenvalue weighted by Crippen LogP contribution is -2.60. The van der Waals surface area contributed by atoms with Gasteiger partial charge in [-0.3, -0.25) is 0 Å². The molecule has 3 nitrogen and oxygen atoms in total. The van der Waals surface area contributed by atoms with Crippen molar-refractivity contribution in [1.29, 1.82) is 0 Å². The number of hydrogen-bond donors (Lipinski definition) is 1. The predicted molar refractivity (Wildman–Crippen MR) is 72.9 cm³/mol. The van der Waals surface area contributed by atoms with Gasteiger partial charge in [0.1, 0.15) is 5.75 Å². The topological polar surface area (TPSA) is 30.5 Å². The number of halogens is 3. The van der Waals surface area contributed by atoms with Crippen LogP contribution in [-0.4, -0.2) is 25.6 Å². The first-order chi connectivity index (χ1) is 9.72. The van der Waals surface area contributed by atoms with E-state index in [1.807, 2.05) is 0 Å². The van der Waals surface area contributed by atoms with Gasteiger partial charge in [-0.25, -0.2) is 0 Å². The number of rotatable bonds is 5. The summed E-state index contributed by atoms with van der Waals surface area (Å²) in [4.78, 5) is 0. The maximum Gasteiger partial charge on any atom is 0.573 e. The van der Waals surface area contributed by atoms with Crippen molar-refractivity contribution >= 4 is 0 Å². The Morgan fingerprint density at radius 2 is 1.86 bits per heavy atom. The van der Waals surface area contributed by atoms with Gasteiger partial charge in [0, 0.05) is 25.1 Å². The van der Waals surface area contributed by atoms with Crippen LogP contribution in [0.3, 0.4) is 0 Å². The van der Waals surface area contributed by atoms with Gasteiger partial charge in [-0.1, -0.05) is 26.0 Å². The zero-order chi connectivity index (χ0) is 15.7. The van der Waals surface area contributed by atoms with Crippen LogP contribution in [0, 0.1) is 5.41 Å². The van der Waals surface area contributed by atoms with Crippen LogP contribution in [-0.2, 0) is 11.3 Å². The van der Waals surface area contributed by atoms with E-state index in [4.69, 9.17) is 4.74 Å². The lowest BCUT2D eigenvalue weighted by molar-refractivity contribution is -0.274. The van der Waals surface area contributed by atoms with E-state index < -0.39 is 6.36 Å². The molecule has 0 aromatic heterocycles. The molecule has 2 unspecified atom stereocenters. The van der Waals surface area contributed by atoms with E-state index in [0.29, 0.717) is 12.6 Å². The highest BCUT2D eigenvalue weighted by atomic mass is 19.4. The van der Waals surface area contributed by atoms with Crippen molar-refractivity contribution in [1.82, 2.24) is 5.32 Å². The van der Waals surface area contributed by atoms with Gasteiger partial charge in [0.2, 0.25) is 0 Å². The van der Waals surface area contributed by atoms with E-state index in [0.717, 1.165) is 12.0 Å². The first kappa shape index (κ1) is 16.1. The third kappa shape index (κ3) is 3.89. The summed E-state index contributed by atoms with van der Waals surface area (Å²) in [6.45, 7) is 4.89. The van der Waals surface area contributed by atoms with Gasteiger partial charge in [-0.15, -0.1) is 13.2 Å². The molecule has 0 spiro atoms. The van der Waals surface area contributed by atoms with Crippen molar-refractivity contribution in [2.24, 2.45) is 5.41 Å². The van der Waals surface area contributed by atoms with E-state index in [9.17, 15) is 13.2 Å². The van der Waals surface area contributed by atoms with Crippen molar-refractivity contribution in [2.45, 2.75) is 45.3 Å². The summed E-state index contributed by atoms with van der Waals surface area (Å²) in [5.74, 6) is -0.199. The lowest BCUT2D eigenvalue weighted by atomic mass is 9.64. The molecule has 1 fully saturated rings. The molecule has 2 atom stereocenters. The summed E-state index contributed by atoms with van der Waals surface area (Å²) in [5, 5.41) is 3.41. The van der Waals surface area contributed by atoms with E-state index in [1.165, 1.54) is 12.1 Å². The van der Waals surface area contributed by atoms with Crippen LogP contribution in [0.25, 0.3) is 0 Å². The Hall–Kier alpha value is -1.27. The van der Waals surface area contributed by atoms with Crippen molar-refractivity contribution in [3.63, 3.8) is 0 Å². The van der Waals surface area contributed by atoms with Crippen molar-refractivity contribution in [3.05, 3.63) is 29.8 Å². The van der Waals surface area contributed by atoms with E-state index in [2.05, 4.69) is 23.9 Å². The molecule has 1 aliphatic rings. The molecular weight excluding hydrogens is 283 g/mol. The average molecular weight is 303 g/mol. The minimum absolute atomic E-state index is 0.0636. The highest BCUT2D eigenvalue weighted by Crippen LogP contribution is 2.42. The van der Waals surface area contributed by atoms with Crippen LogP contribution in [0.5, 0.6) is 5.75 Å². The Morgan fingerprint density at radius 1 is 1.24 bits per heavy atom. The zero-order valence-corrected chi connectivity index (χ0v) is 12.3. The third-order valence-corrected chi connectivity index (χ3v) is 4.17. The number of nitrogens with one attached hydrogen (secondary N) is 1. The maximum absolute atomic E-state index is 12.1. The van der Waals surface area contributed by atoms with E-state index in [-0.39, 0.29) is 17.3 Å². The molecule has 1 saturated carbocycles. The molecule has 0 bridgehead atoms. The van der Waals surface area contributed by atoms with Gasteiger partial charge < -0.3 is 14.8 Å². The number of methoxy groups -OCH3 is 1. The highest BCUT2D eigenvalue weighted by Gasteiger charge is 2.48. The lowest BCUT2D eigenvalue weighted by Gasteiger charge is -2.51. The summed E-state index contributed by atoms with van der Waals surface area (Å²) < 4.78 is 45.4. The Kier molecular flexibility index (Phi) is 4.49. The summed E-state index contributed by atoms with van der Waals surface area (Å²) in [5.41, 5.74) is 0.981. The van der Waals surface area contributed by atoms with Crippen molar-refractivity contribution < 1.29 is 22.6 Å². The summed E-state index contributed by atoms with van der Waals surface area (Å²) in [6, 6.07) is 6.26. The second-order valence-electron chi connectivity index (χ2n) is 5.91. The molecule has 0 amide bonds.